The highest BCUT2D eigenvalue weighted by molar-refractivity contribution is 5.81. The van der Waals surface area contributed by atoms with Crippen LogP contribution in [0.25, 0.3) is 5.69 Å². The zero-order chi connectivity index (χ0) is 16.1. The molecule has 0 saturated carbocycles. The molecule has 0 radical (unpaired) electrons. The Kier molecular flexibility index (Phi) is 5.05. The van der Waals surface area contributed by atoms with Crippen molar-refractivity contribution in [1.82, 2.24) is 15.1 Å². The number of aromatic nitrogens is 2. The second-order valence-electron chi connectivity index (χ2n) is 5.77. The van der Waals surface area contributed by atoms with Gasteiger partial charge in [0.1, 0.15) is 0 Å². The van der Waals surface area contributed by atoms with Crippen LogP contribution >= 0.6 is 0 Å². The summed E-state index contributed by atoms with van der Waals surface area (Å²) in [5.74, 6) is 0.0947. The number of para-hydroxylation sites is 1. The molecule has 23 heavy (non-hydrogen) atoms. The molecule has 1 atom stereocenters. The molecule has 1 fully saturated rings. The number of carbonyl (C=O) groups excluding carboxylic acids is 1. The zero-order valence-electron chi connectivity index (χ0n) is 13.0. The molecule has 122 valence electrons. The molecule has 1 saturated heterocycles. The molecule has 2 heterocycles. The average molecular weight is 314 g/mol. The molecule has 0 spiro atoms. The number of amides is 1. The molecule has 3 rings (SSSR count). The maximum absolute atomic E-state index is 12.3. The fraction of sp³-hybridized carbons (Fsp3) is 0.412. The van der Waals surface area contributed by atoms with Gasteiger partial charge in [-0.1, -0.05) is 18.2 Å². The van der Waals surface area contributed by atoms with Gasteiger partial charge in [-0.15, -0.1) is 0 Å². The first-order valence-corrected chi connectivity index (χ1v) is 7.94. The minimum absolute atomic E-state index is 0.104. The number of hydrogen-bond donors (Lipinski definition) is 2. The van der Waals surface area contributed by atoms with Gasteiger partial charge in [0.2, 0.25) is 5.91 Å². The summed E-state index contributed by atoms with van der Waals surface area (Å²) in [7, 11) is 0. The van der Waals surface area contributed by atoms with Crippen LogP contribution in [0.5, 0.6) is 0 Å². The van der Waals surface area contributed by atoms with Crippen LogP contribution in [0.4, 0.5) is 0 Å². The summed E-state index contributed by atoms with van der Waals surface area (Å²) >= 11 is 0. The van der Waals surface area contributed by atoms with Crippen molar-refractivity contribution in [2.24, 2.45) is 11.7 Å². The molecular formula is C17H22N4O2. The number of nitrogens with zero attached hydrogens (tertiary/aromatic N) is 2. The van der Waals surface area contributed by atoms with Crippen LogP contribution in [0.2, 0.25) is 0 Å². The summed E-state index contributed by atoms with van der Waals surface area (Å²) in [5.41, 5.74) is 8.06. The van der Waals surface area contributed by atoms with Crippen molar-refractivity contribution in [2.75, 3.05) is 13.2 Å². The number of nitrogens with two attached hydrogens (primary N) is 1. The van der Waals surface area contributed by atoms with Crippen LogP contribution in [-0.2, 0) is 16.1 Å². The third-order valence-corrected chi connectivity index (χ3v) is 4.27. The maximum atomic E-state index is 12.3. The smallest absolute Gasteiger partial charge is 0.237 e. The monoisotopic (exact) mass is 314 g/mol. The van der Waals surface area contributed by atoms with Gasteiger partial charge in [0, 0.05) is 32.2 Å². The number of ether oxygens (including phenoxy) is 1. The topological polar surface area (TPSA) is 82.2 Å². The third-order valence-electron chi connectivity index (χ3n) is 4.27. The minimum atomic E-state index is -0.476. The highest BCUT2D eigenvalue weighted by Gasteiger charge is 2.26. The fourth-order valence-corrected chi connectivity index (χ4v) is 2.88. The van der Waals surface area contributed by atoms with E-state index in [2.05, 4.69) is 10.4 Å². The predicted molar refractivity (Wildman–Crippen MR) is 86.9 cm³/mol. The zero-order valence-corrected chi connectivity index (χ0v) is 13.0. The molecule has 1 aromatic carbocycles. The fourth-order valence-electron chi connectivity index (χ4n) is 2.88. The lowest BCUT2D eigenvalue weighted by Gasteiger charge is -2.26. The summed E-state index contributed by atoms with van der Waals surface area (Å²) < 4.78 is 7.11. The largest absolute Gasteiger partial charge is 0.381 e. The van der Waals surface area contributed by atoms with Crippen molar-refractivity contribution >= 4 is 5.91 Å². The molecule has 1 aliphatic heterocycles. The third kappa shape index (κ3) is 3.78. The Bertz CT molecular complexity index is 636. The normalized spacial score (nSPS) is 16.9. The van der Waals surface area contributed by atoms with Crippen LogP contribution in [0.3, 0.4) is 0 Å². The Morgan fingerprint density at radius 1 is 1.35 bits per heavy atom. The second-order valence-corrected chi connectivity index (χ2v) is 5.77. The van der Waals surface area contributed by atoms with E-state index in [1.54, 1.807) is 10.9 Å². The van der Waals surface area contributed by atoms with Gasteiger partial charge in [0.15, 0.2) is 0 Å². The van der Waals surface area contributed by atoms with E-state index in [-0.39, 0.29) is 11.8 Å². The van der Waals surface area contributed by atoms with E-state index in [0.717, 1.165) is 24.1 Å². The van der Waals surface area contributed by atoms with Gasteiger partial charge in [0.05, 0.1) is 11.7 Å². The SMILES string of the molecule is NC(C(=O)NCc1ccccc1-n1cccn1)C1CCOCC1. The van der Waals surface area contributed by atoms with E-state index < -0.39 is 6.04 Å². The maximum Gasteiger partial charge on any atom is 0.237 e. The lowest BCUT2D eigenvalue weighted by Crippen LogP contribution is -2.46. The summed E-state index contributed by atoms with van der Waals surface area (Å²) in [6, 6.07) is 9.26. The van der Waals surface area contributed by atoms with Crippen LogP contribution in [0.1, 0.15) is 18.4 Å². The molecular weight excluding hydrogens is 292 g/mol. The van der Waals surface area contributed by atoms with Crippen molar-refractivity contribution in [3.63, 3.8) is 0 Å². The number of hydrogen-bond acceptors (Lipinski definition) is 4. The standard InChI is InChI=1S/C17H22N4O2/c18-16(13-6-10-23-11-7-13)17(22)19-12-14-4-1-2-5-15(14)21-9-3-8-20-21/h1-5,8-9,13,16H,6-7,10-12,18H2,(H,19,22). The number of rotatable bonds is 5. The molecule has 2 aromatic rings. The van der Waals surface area contributed by atoms with E-state index in [0.29, 0.717) is 19.8 Å². The Morgan fingerprint density at radius 3 is 2.87 bits per heavy atom. The Morgan fingerprint density at radius 2 is 2.13 bits per heavy atom. The lowest BCUT2D eigenvalue weighted by molar-refractivity contribution is -0.124. The van der Waals surface area contributed by atoms with E-state index in [9.17, 15) is 4.79 Å². The molecule has 1 amide bonds. The predicted octanol–water partition coefficient (Wildman–Crippen LogP) is 1.24. The Labute approximate surface area is 135 Å². The van der Waals surface area contributed by atoms with Gasteiger partial charge in [-0.05, 0) is 36.5 Å². The van der Waals surface area contributed by atoms with Crippen molar-refractivity contribution < 1.29 is 9.53 Å². The van der Waals surface area contributed by atoms with Gasteiger partial charge in [0.25, 0.3) is 0 Å². The van der Waals surface area contributed by atoms with Crippen LogP contribution < -0.4 is 11.1 Å². The Hall–Kier alpha value is -2.18. The first kappa shape index (κ1) is 15.7. The van der Waals surface area contributed by atoms with Crippen LogP contribution in [0, 0.1) is 5.92 Å². The first-order chi connectivity index (χ1) is 11.3. The molecule has 0 aliphatic carbocycles. The van der Waals surface area contributed by atoms with Crippen LogP contribution in [0.15, 0.2) is 42.7 Å². The molecule has 3 N–H and O–H groups in total. The lowest BCUT2D eigenvalue weighted by atomic mass is 9.92. The minimum Gasteiger partial charge on any atom is -0.381 e. The summed E-state index contributed by atoms with van der Waals surface area (Å²) in [4.78, 5) is 12.3. The van der Waals surface area contributed by atoms with E-state index in [1.807, 2.05) is 36.5 Å². The van der Waals surface area contributed by atoms with Gasteiger partial charge < -0.3 is 15.8 Å². The number of nitrogens with one attached hydrogen (secondary N) is 1. The molecule has 1 aromatic heterocycles. The van der Waals surface area contributed by atoms with Crippen molar-refractivity contribution in [2.45, 2.75) is 25.4 Å². The van der Waals surface area contributed by atoms with E-state index >= 15 is 0 Å². The molecule has 6 heteroatoms. The highest BCUT2D eigenvalue weighted by Crippen LogP contribution is 2.18. The molecule has 1 aliphatic rings. The molecule has 1 unspecified atom stereocenters. The Balaban J connectivity index is 1.63. The summed E-state index contributed by atoms with van der Waals surface area (Å²) in [5, 5.41) is 7.20. The second kappa shape index (κ2) is 7.39. The quantitative estimate of drug-likeness (QED) is 0.870. The van der Waals surface area contributed by atoms with Crippen molar-refractivity contribution in [1.29, 1.82) is 0 Å². The van der Waals surface area contributed by atoms with E-state index in [1.165, 1.54) is 0 Å². The number of benzene rings is 1. The van der Waals surface area contributed by atoms with Crippen molar-refractivity contribution in [3.05, 3.63) is 48.3 Å². The van der Waals surface area contributed by atoms with Crippen molar-refractivity contribution in [3.8, 4) is 5.69 Å². The highest BCUT2D eigenvalue weighted by atomic mass is 16.5. The van der Waals surface area contributed by atoms with E-state index in [4.69, 9.17) is 10.5 Å². The number of carbonyl (C=O) groups is 1. The molecule has 6 nitrogen and oxygen atoms in total. The van der Waals surface area contributed by atoms with Crippen LogP contribution in [-0.4, -0.2) is 34.9 Å². The van der Waals surface area contributed by atoms with Gasteiger partial charge in [-0.3, -0.25) is 4.79 Å². The summed E-state index contributed by atoms with van der Waals surface area (Å²) in [6.45, 7) is 1.81. The average Bonchev–Trinajstić information content (AvgIpc) is 3.14. The first-order valence-electron chi connectivity index (χ1n) is 7.94. The molecule has 0 bridgehead atoms. The van der Waals surface area contributed by atoms with Gasteiger partial charge >= 0.3 is 0 Å². The van der Waals surface area contributed by atoms with Gasteiger partial charge in [-0.2, -0.15) is 5.10 Å². The summed E-state index contributed by atoms with van der Waals surface area (Å²) in [6.07, 6.45) is 5.31. The van der Waals surface area contributed by atoms with Gasteiger partial charge in [-0.25, -0.2) is 4.68 Å².